The van der Waals surface area contributed by atoms with Crippen molar-refractivity contribution in [3.05, 3.63) is 64.2 Å². The summed E-state index contributed by atoms with van der Waals surface area (Å²) in [5.41, 5.74) is 2.41. The number of carbonyl (C=O) groups excluding carboxylic acids is 1. The van der Waals surface area contributed by atoms with Crippen LogP contribution >= 0.6 is 0 Å². The summed E-state index contributed by atoms with van der Waals surface area (Å²) < 4.78 is 5.16. The summed E-state index contributed by atoms with van der Waals surface area (Å²) in [5, 5.41) is 0.510. The minimum atomic E-state index is -0.178. The maximum atomic E-state index is 12.3. The van der Waals surface area contributed by atoms with Crippen molar-refractivity contribution in [3.8, 4) is 5.75 Å². The molecule has 2 aromatic carbocycles. The number of amides is 1. The lowest BCUT2D eigenvalue weighted by Gasteiger charge is -2.15. The molecule has 0 atom stereocenters. The number of fused-ring (bicyclic) bond motifs is 1. The molecular weight excluding hydrogens is 330 g/mol. The van der Waals surface area contributed by atoms with E-state index in [0.29, 0.717) is 35.3 Å². The molecule has 3 aromatic rings. The molecule has 1 aliphatic heterocycles. The summed E-state index contributed by atoms with van der Waals surface area (Å²) in [6.07, 6.45) is 2.05. The average molecular weight is 349 g/mol. The number of hydrogen-bond acceptors (Lipinski definition) is 4. The number of aromatic nitrogens is 2. The number of ether oxygens (including phenoxy) is 1. The van der Waals surface area contributed by atoms with Crippen LogP contribution in [0.25, 0.3) is 10.9 Å². The van der Waals surface area contributed by atoms with Crippen molar-refractivity contribution in [1.82, 2.24) is 9.97 Å². The number of rotatable bonds is 4. The zero-order chi connectivity index (χ0) is 18.1. The predicted octanol–water partition coefficient (Wildman–Crippen LogP) is 2.65. The zero-order valence-electron chi connectivity index (χ0n) is 14.5. The molecule has 2 heterocycles. The van der Waals surface area contributed by atoms with Gasteiger partial charge in [0.1, 0.15) is 11.6 Å². The van der Waals surface area contributed by atoms with Crippen LogP contribution < -0.4 is 15.2 Å². The molecule has 1 aliphatic rings. The lowest BCUT2D eigenvalue weighted by atomic mass is 10.1. The second-order valence-electron chi connectivity index (χ2n) is 6.39. The molecule has 6 heteroatoms. The van der Waals surface area contributed by atoms with Crippen molar-refractivity contribution in [2.24, 2.45) is 0 Å². The number of methoxy groups -OCH3 is 1. The molecular formula is C20H19N3O3. The Kier molecular flexibility index (Phi) is 4.16. The van der Waals surface area contributed by atoms with Gasteiger partial charge in [0.2, 0.25) is 5.91 Å². The summed E-state index contributed by atoms with van der Waals surface area (Å²) in [6, 6.07) is 13.1. The van der Waals surface area contributed by atoms with E-state index in [2.05, 4.69) is 9.97 Å². The van der Waals surface area contributed by atoms with E-state index >= 15 is 0 Å². The van der Waals surface area contributed by atoms with Crippen molar-refractivity contribution in [1.29, 1.82) is 0 Å². The fraction of sp³-hybridized carbons (Fsp3) is 0.250. The molecule has 0 spiro atoms. The monoisotopic (exact) mass is 349 g/mol. The fourth-order valence-corrected chi connectivity index (χ4v) is 3.29. The van der Waals surface area contributed by atoms with Gasteiger partial charge in [-0.25, -0.2) is 4.98 Å². The second-order valence-corrected chi connectivity index (χ2v) is 6.39. The summed E-state index contributed by atoms with van der Waals surface area (Å²) in [5.74, 6) is 1.41. The van der Waals surface area contributed by atoms with Crippen LogP contribution in [0.5, 0.6) is 5.75 Å². The lowest BCUT2D eigenvalue weighted by molar-refractivity contribution is -0.117. The molecule has 1 fully saturated rings. The van der Waals surface area contributed by atoms with E-state index in [1.54, 1.807) is 25.3 Å². The number of nitrogens with zero attached hydrogens (tertiary/aromatic N) is 2. The number of H-pyrrole nitrogens is 1. The van der Waals surface area contributed by atoms with Crippen LogP contribution in [-0.2, 0) is 11.2 Å². The largest absolute Gasteiger partial charge is 0.497 e. The van der Waals surface area contributed by atoms with Gasteiger partial charge in [-0.2, -0.15) is 0 Å². The molecule has 6 nitrogen and oxygen atoms in total. The average Bonchev–Trinajstić information content (AvgIpc) is 3.08. The van der Waals surface area contributed by atoms with E-state index in [9.17, 15) is 9.59 Å². The molecule has 1 aromatic heterocycles. The van der Waals surface area contributed by atoms with Crippen LogP contribution in [0, 0.1) is 0 Å². The van der Waals surface area contributed by atoms with E-state index in [4.69, 9.17) is 4.74 Å². The summed E-state index contributed by atoms with van der Waals surface area (Å²) >= 11 is 0. The van der Waals surface area contributed by atoms with Gasteiger partial charge in [-0.3, -0.25) is 9.59 Å². The van der Waals surface area contributed by atoms with Gasteiger partial charge in [-0.15, -0.1) is 0 Å². The molecule has 0 unspecified atom stereocenters. The highest BCUT2D eigenvalue weighted by Gasteiger charge is 2.21. The third-order valence-electron chi connectivity index (χ3n) is 4.65. The topological polar surface area (TPSA) is 75.3 Å². The molecule has 132 valence electrons. The van der Waals surface area contributed by atoms with E-state index in [1.165, 1.54) is 0 Å². The lowest BCUT2D eigenvalue weighted by Crippen LogP contribution is -2.23. The molecule has 1 N–H and O–H groups in total. The van der Waals surface area contributed by atoms with E-state index in [1.807, 2.05) is 29.2 Å². The van der Waals surface area contributed by atoms with Crippen LogP contribution in [0.15, 0.2) is 47.3 Å². The van der Waals surface area contributed by atoms with E-state index < -0.39 is 0 Å². The van der Waals surface area contributed by atoms with Gasteiger partial charge in [0.15, 0.2) is 0 Å². The molecule has 0 aliphatic carbocycles. The molecule has 4 rings (SSSR count). The third-order valence-corrected chi connectivity index (χ3v) is 4.65. The van der Waals surface area contributed by atoms with E-state index in [-0.39, 0.29) is 11.5 Å². The first kappa shape index (κ1) is 16.3. The number of aromatic amines is 1. The number of hydrogen-bond donors (Lipinski definition) is 1. The quantitative estimate of drug-likeness (QED) is 0.786. The Hall–Kier alpha value is -3.15. The Labute approximate surface area is 150 Å². The maximum Gasteiger partial charge on any atom is 0.258 e. The summed E-state index contributed by atoms with van der Waals surface area (Å²) in [6.45, 7) is 0.779. The van der Waals surface area contributed by atoms with Crippen LogP contribution in [0.2, 0.25) is 0 Å². The van der Waals surface area contributed by atoms with Gasteiger partial charge in [0.25, 0.3) is 5.56 Å². The highest BCUT2D eigenvalue weighted by Crippen LogP contribution is 2.22. The molecule has 26 heavy (non-hydrogen) atoms. The Morgan fingerprint density at radius 2 is 1.96 bits per heavy atom. The normalized spacial score (nSPS) is 14.2. The first-order valence-electron chi connectivity index (χ1n) is 8.60. The van der Waals surface area contributed by atoms with Gasteiger partial charge >= 0.3 is 0 Å². The number of nitrogens with one attached hydrogen (secondary N) is 1. The first-order valence-corrected chi connectivity index (χ1v) is 8.60. The van der Waals surface area contributed by atoms with Gasteiger partial charge in [0, 0.05) is 25.1 Å². The summed E-state index contributed by atoms with van der Waals surface area (Å²) in [4.78, 5) is 33.3. The second kappa shape index (κ2) is 6.63. The molecule has 1 amide bonds. The molecule has 0 radical (unpaired) electrons. The van der Waals surface area contributed by atoms with Crippen molar-refractivity contribution >= 4 is 22.5 Å². The maximum absolute atomic E-state index is 12.3. The standard InChI is InChI=1S/C20H19N3O3/c1-26-15-8-9-17-16(12-15)20(25)22-18(21-17)11-13-4-6-14(7-5-13)23-10-2-3-19(23)24/h4-9,12H,2-3,10-11H2,1H3,(H,21,22,25). The Balaban J connectivity index is 1.59. The van der Waals surface area contributed by atoms with Crippen LogP contribution in [0.3, 0.4) is 0 Å². The Morgan fingerprint density at radius 3 is 2.65 bits per heavy atom. The van der Waals surface area contributed by atoms with Gasteiger partial charge in [-0.1, -0.05) is 12.1 Å². The smallest absolute Gasteiger partial charge is 0.258 e. The molecule has 0 bridgehead atoms. The number of carbonyl (C=O) groups is 1. The number of benzene rings is 2. The van der Waals surface area contributed by atoms with Crippen molar-refractivity contribution < 1.29 is 9.53 Å². The summed E-state index contributed by atoms with van der Waals surface area (Å²) in [7, 11) is 1.57. The van der Waals surface area contributed by atoms with Crippen molar-refractivity contribution in [2.75, 3.05) is 18.6 Å². The first-order chi connectivity index (χ1) is 12.6. The van der Waals surface area contributed by atoms with Gasteiger partial charge in [0.05, 0.1) is 18.0 Å². The van der Waals surface area contributed by atoms with Crippen molar-refractivity contribution in [2.45, 2.75) is 19.3 Å². The number of anilines is 1. The van der Waals surface area contributed by atoms with Crippen LogP contribution in [0.4, 0.5) is 5.69 Å². The van der Waals surface area contributed by atoms with Crippen LogP contribution in [-0.4, -0.2) is 29.5 Å². The molecule has 0 saturated carbocycles. The Morgan fingerprint density at radius 1 is 1.15 bits per heavy atom. The SMILES string of the molecule is COc1ccc2nc(Cc3ccc(N4CCCC4=O)cc3)[nH]c(=O)c2c1. The minimum absolute atomic E-state index is 0.175. The fourth-order valence-electron chi connectivity index (χ4n) is 3.29. The van der Waals surface area contributed by atoms with E-state index in [0.717, 1.165) is 24.2 Å². The Bertz CT molecular complexity index is 1020. The highest BCUT2D eigenvalue weighted by atomic mass is 16.5. The van der Waals surface area contributed by atoms with Gasteiger partial charge < -0.3 is 14.6 Å². The minimum Gasteiger partial charge on any atom is -0.497 e. The zero-order valence-corrected chi connectivity index (χ0v) is 14.5. The highest BCUT2D eigenvalue weighted by molar-refractivity contribution is 5.95. The van der Waals surface area contributed by atoms with Crippen LogP contribution in [0.1, 0.15) is 24.2 Å². The predicted molar refractivity (Wildman–Crippen MR) is 99.8 cm³/mol. The van der Waals surface area contributed by atoms with Crippen molar-refractivity contribution in [3.63, 3.8) is 0 Å². The molecule has 1 saturated heterocycles. The third kappa shape index (κ3) is 3.06. The van der Waals surface area contributed by atoms with Gasteiger partial charge in [-0.05, 0) is 42.3 Å².